The highest BCUT2D eigenvalue weighted by molar-refractivity contribution is 8.39. The van der Waals surface area contributed by atoms with Crippen LogP contribution in [-0.2, 0) is 10.2 Å². The lowest BCUT2D eigenvalue weighted by Crippen LogP contribution is -2.39. The maximum Gasteiger partial charge on any atom is 0.230 e. The first-order chi connectivity index (χ1) is 11.2. The Labute approximate surface area is 144 Å². The number of thioether (sulfide) groups is 2. The molecule has 1 heterocycles. The van der Waals surface area contributed by atoms with Gasteiger partial charge in [0.05, 0.1) is 12.3 Å². The molecule has 1 amide bonds. The highest BCUT2D eigenvalue weighted by atomic mass is 32.2. The fraction of sp³-hybridized carbons (Fsp3) is 0.529. The Morgan fingerprint density at radius 2 is 2.04 bits per heavy atom. The summed E-state index contributed by atoms with van der Waals surface area (Å²) < 4.78 is 14.2. The first-order valence-corrected chi connectivity index (χ1v) is 9.98. The number of aliphatic imine (C=N–C) groups is 1. The number of rotatable bonds is 5. The topological polar surface area (TPSA) is 41.5 Å². The molecule has 1 aromatic carbocycles. The van der Waals surface area contributed by atoms with Crippen molar-refractivity contribution < 1.29 is 9.18 Å². The van der Waals surface area contributed by atoms with Crippen molar-refractivity contribution in [3.8, 4) is 0 Å². The van der Waals surface area contributed by atoms with Crippen molar-refractivity contribution >= 4 is 33.8 Å². The molecule has 2 aliphatic rings. The molecule has 3 rings (SSSR count). The van der Waals surface area contributed by atoms with E-state index < -0.39 is 0 Å². The summed E-state index contributed by atoms with van der Waals surface area (Å²) in [7, 11) is 0. The van der Waals surface area contributed by atoms with Crippen LogP contribution in [-0.4, -0.2) is 34.9 Å². The minimum Gasteiger partial charge on any atom is -0.354 e. The zero-order valence-corrected chi connectivity index (χ0v) is 14.6. The quantitative estimate of drug-likeness (QED) is 0.880. The van der Waals surface area contributed by atoms with Crippen LogP contribution in [0, 0.1) is 5.82 Å². The second-order valence-corrected chi connectivity index (χ2v) is 8.36. The van der Waals surface area contributed by atoms with Crippen LogP contribution in [0.25, 0.3) is 0 Å². The molecule has 3 nitrogen and oxygen atoms in total. The summed E-state index contributed by atoms with van der Waals surface area (Å²) in [6.07, 6.45) is 4.42. The van der Waals surface area contributed by atoms with Gasteiger partial charge in [-0.25, -0.2) is 4.39 Å². The van der Waals surface area contributed by atoms with Crippen LogP contribution in [0.1, 0.15) is 31.2 Å². The Hall–Kier alpha value is -1.01. The lowest BCUT2D eigenvalue weighted by atomic mass is 9.79. The molecular formula is C17H21FN2OS2. The summed E-state index contributed by atoms with van der Waals surface area (Å²) in [5, 5.41) is 3.08. The molecule has 1 aliphatic heterocycles. The van der Waals surface area contributed by atoms with E-state index in [1.54, 1.807) is 11.8 Å². The van der Waals surface area contributed by atoms with Crippen LogP contribution in [0.4, 0.5) is 4.39 Å². The van der Waals surface area contributed by atoms with Gasteiger partial charge in [-0.3, -0.25) is 9.79 Å². The van der Waals surface area contributed by atoms with E-state index in [-0.39, 0.29) is 17.1 Å². The molecule has 0 saturated heterocycles. The van der Waals surface area contributed by atoms with E-state index in [1.165, 1.54) is 23.9 Å². The van der Waals surface area contributed by atoms with Crippen LogP contribution in [0.15, 0.2) is 29.3 Å². The van der Waals surface area contributed by atoms with E-state index in [2.05, 4.69) is 10.3 Å². The first kappa shape index (κ1) is 16.8. The third-order valence-electron chi connectivity index (χ3n) is 4.53. The minimum atomic E-state index is -0.211. The van der Waals surface area contributed by atoms with Gasteiger partial charge in [0.1, 0.15) is 10.2 Å². The molecule has 6 heteroatoms. The SMILES string of the molecule is O=C(CSC1=NCCS1)NCC1(c2ccc(F)cc2)CCCC1. The number of carbonyl (C=O) groups excluding carboxylic acids is 1. The molecule has 23 heavy (non-hydrogen) atoms. The number of carbonyl (C=O) groups is 1. The van der Waals surface area contributed by atoms with Crippen molar-refractivity contribution in [2.24, 2.45) is 4.99 Å². The molecule has 0 aromatic heterocycles. The van der Waals surface area contributed by atoms with Gasteiger partial charge >= 0.3 is 0 Å². The summed E-state index contributed by atoms with van der Waals surface area (Å²) in [6, 6.07) is 6.77. The van der Waals surface area contributed by atoms with Crippen molar-refractivity contribution in [3.63, 3.8) is 0 Å². The lowest BCUT2D eigenvalue weighted by molar-refractivity contribution is -0.118. The van der Waals surface area contributed by atoms with Crippen LogP contribution in [0.2, 0.25) is 0 Å². The average Bonchev–Trinajstić information content (AvgIpc) is 3.24. The zero-order valence-electron chi connectivity index (χ0n) is 13.0. The number of nitrogens with one attached hydrogen (secondary N) is 1. The third kappa shape index (κ3) is 4.29. The Bertz CT molecular complexity index is 583. The molecule has 0 unspecified atom stereocenters. The summed E-state index contributed by atoms with van der Waals surface area (Å²) in [6.45, 7) is 1.50. The van der Waals surface area contributed by atoms with Crippen molar-refractivity contribution in [3.05, 3.63) is 35.6 Å². The molecule has 0 bridgehead atoms. The molecule has 0 spiro atoms. The molecule has 1 fully saturated rings. The maximum atomic E-state index is 13.2. The monoisotopic (exact) mass is 352 g/mol. The summed E-state index contributed by atoms with van der Waals surface area (Å²) in [5.41, 5.74) is 1.10. The van der Waals surface area contributed by atoms with Gasteiger partial charge in [-0.05, 0) is 30.5 Å². The lowest BCUT2D eigenvalue weighted by Gasteiger charge is -2.30. The van der Waals surface area contributed by atoms with Crippen LogP contribution in [0.3, 0.4) is 0 Å². The van der Waals surface area contributed by atoms with Crippen molar-refractivity contribution in [2.75, 3.05) is 24.6 Å². The van der Waals surface area contributed by atoms with E-state index >= 15 is 0 Å². The Morgan fingerprint density at radius 1 is 1.30 bits per heavy atom. The molecule has 1 N–H and O–H groups in total. The van der Waals surface area contributed by atoms with Gasteiger partial charge in [0.2, 0.25) is 5.91 Å². The van der Waals surface area contributed by atoms with Gasteiger partial charge < -0.3 is 5.32 Å². The summed E-state index contributed by atoms with van der Waals surface area (Å²) in [4.78, 5) is 16.5. The number of hydrogen-bond acceptors (Lipinski definition) is 4. The second kappa shape index (κ2) is 7.71. The fourth-order valence-electron chi connectivity index (χ4n) is 3.27. The molecule has 1 aliphatic carbocycles. The molecule has 124 valence electrons. The van der Waals surface area contributed by atoms with Gasteiger partial charge in [-0.1, -0.05) is 48.5 Å². The second-order valence-electron chi connectivity index (χ2n) is 6.06. The van der Waals surface area contributed by atoms with Crippen molar-refractivity contribution in [2.45, 2.75) is 31.1 Å². The highest BCUT2D eigenvalue weighted by Gasteiger charge is 2.35. The molecule has 0 atom stereocenters. The predicted molar refractivity (Wildman–Crippen MR) is 96.8 cm³/mol. The minimum absolute atomic E-state index is 0.0341. The van der Waals surface area contributed by atoms with Crippen LogP contribution < -0.4 is 5.32 Å². The van der Waals surface area contributed by atoms with E-state index in [1.807, 2.05) is 12.1 Å². The standard InChI is InChI=1S/C17H21FN2OS2/c18-14-5-3-13(4-6-14)17(7-1-2-8-17)12-20-15(21)11-23-16-19-9-10-22-16/h3-6H,1-2,7-12H2,(H,20,21). The molecule has 1 saturated carbocycles. The van der Waals surface area contributed by atoms with E-state index in [0.717, 1.165) is 47.9 Å². The van der Waals surface area contributed by atoms with E-state index in [0.29, 0.717) is 12.3 Å². The zero-order chi connectivity index (χ0) is 16.1. The largest absolute Gasteiger partial charge is 0.354 e. The van der Waals surface area contributed by atoms with Gasteiger partial charge in [0.15, 0.2) is 0 Å². The van der Waals surface area contributed by atoms with Gasteiger partial charge in [-0.15, -0.1) is 0 Å². The van der Waals surface area contributed by atoms with Crippen LogP contribution in [0.5, 0.6) is 0 Å². The van der Waals surface area contributed by atoms with Gasteiger partial charge in [-0.2, -0.15) is 0 Å². The third-order valence-corrected chi connectivity index (χ3v) is 6.78. The highest BCUT2D eigenvalue weighted by Crippen LogP contribution is 2.40. The van der Waals surface area contributed by atoms with E-state index in [9.17, 15) is 9.18 Å². The number of halogens is 1. The Balaban J connectivity index is 1.57. The number of hydrogen-bond donors (Lipinski definition) is 1. The maximum absolute atomic E-state index is 13.2. The predicted octanol–water partition coefficient (Wildman–Crippen LogP) is 3.59. The molecule has 1 aromatic rings. The average molecular weight is 353 g/mol. The number of amides is 1. The number of nitrogens with zero attached hydrogens (tertiary/aromatic N) is 1. The van der Waals surface area contributed by atoms with E-state index in [4.69, 9.17) is 0 Å². The van der Waals surface area contributed by atoms with Crippen molar-refractivity contribution in [1.29, 1.82) is 0 Å². The van der Waals surface area contributed by atoms with Gasteiger partial charge in [0, 0.05) is 17.7 Å². The fourth-order valence-corrected chi connectivity index (χ4v) is 5.11. The smallest absolute Gasteiger partial charge is 0.230 e. The Kier molecular flexibility index (Phi) is 5.64. The first-order valence-electron chi connectivity index (χ1n) is 8.01. The summed E-state index contributed by atoms with van der Waals surface area (Å²) in [5.74, 6) is 1.29. The summed E-state index contributed by atoms with van der Waals surface area (Å²) >= 11 is 3.25. The molecular weight excluding hydrogens is 331 g/mol. The van der Waals surface area contributed by atoms with Crippen LogP contribution >= 0.6 is 23.5 Å². The number of benzene rings is 1. The molecule has 0 radical (unpaired) electrons. The normalized spacial score (nSPS) is 19.6. The van der Waals surface area contributed by atoms with Crippen molar-refractivity contribution in [1.82, 2.24) is 5.32 Å². The van der Waals surface area contributed by atoms with Gasteiger partial charge in [0.25, 0.3) is 0 Å². The Morgan fingerprint density at radius 3 is 2.70 bits per heavy atom.